The Labute approximate surface area is 115 Å². The number of aliphatic carboxylic acids is 1. The highest BCUT2D eigenvalue weighted by atomic mass is 35.5. The summed E-state index contributed by atoms with van der Waals surface area (Å²) >= 11 is 5.76. The number of carbonyl (C=O) groups excluding carboxylic acids is 2. The van der Waals surface area contributed by atoms with Crippen LogP contribution in [0.1, 0.15) is 6.42 Å². The molecule has 19 heavy (non-hydrogen) atoms. The highest BCUT2D eigenvalue weighted by Crippen LogP contribution is 2.14. The van der Waals surface area contributed by atoms with Crippen molar-refractivity contribution >= 4 is 29.2 Å². The van der Waals surface area contributed by atoms with E-state index in [1.807, 2.05) is 0 Å². The minimum absolute atomic E-state index is 0.167. The first-order valence-corrected chi connectivity index (χ1v) is 6.11. The summed E-state index contributed by atoms with van der Waals surface area (Å²) in [5.41, 5.74) is 0.497. The lowest BCUT2D eigenvalue weighted by Crippen LogP contribution is -2.94. The zero-order valence-corrected chi connectivity index (χ0v) is 10.9. The number of aliphatic hydroxyl groups excluding tert-OH is 1. The van der Waals surface area contributed by atoms with Gasteiger partial charge < -0.3 is 25.6 Å². The molecule has 6 nitrogen and oxygen atoms in total. The molecule has 0 aliphatic heterocycles. The zero-order chi connectivity index (χ0) is 14.3. The number of hydrogen-bond donors (Lipinski definition) is 3. The fourth-order valence-electron chi connectivity index (χ4n) is 1.52. The predicted molar refractivity (Wildman–Crippen MR) is 67.4 cm³/mol. The van der Waals surface area contributed by atoms with Gasteiger partial charge in [-0.3, -0.25) is 4.79 Å². The van der Waals surface area contributed by atoms with Gasteiger partial charge in [0.2, 0.25) is 5.91 Å². The molecule has 7 heteroatoms. The maximum Gasteiger partial charge on any atom is 0.230 e. The van der Waals surface area contributed by atoms with E-state index in [-0.39, 0.29) is 19.6 Å². The van der Waals surface area contributed by atoms with Gasteiger partial charge in [0, 0.05) is 10.7 Å². The first kappa shape index (κ1) is 15.4. The van der Waals surface area contributed by atoms with Crippen molar-refractivity contribution in [2.45, 2.75) is 12.5 Å². The lowest BCUT2D eigenvalue weighted by Gasteiger charge is -2.15. The summed E-state index contributed by atoms with van der Waals surface area (Å²) in [5.74, 6) is -1.79. The zero-order valence-electron chi connectivity index (χ0n) is 10.1. The van der Waals surface area contributed by atoms with E-state index in [0.717, 1.165) is 0 Å². The van der Waals surface area contributed by atoms with E-state index in [4.69, 9.17) is 16.7 Å². The molecule has 4 N–H and O–H groups in total. The molecule has 104 valence electrons. The van der Waals surface area contributed by atoms with Crippen LogP contribution in [0.25, 0.3) is 0 Å². The van der Waals surface area contributed by atoms with E-state index in [9.17, 15) is 14.7 Å². The Kier molecular flexibility index (Phi) is 6.27. The molecule has 0 radical (unpaired) electrons. The molecule has 0 saturated heterocycles. The Morgan fingerprint density at radius 2 is 2.21 bits per heavy atom. The molecule has 0 unspecified atom stereocenters. The van der Waals surface area contributed by atoms with Gasteiger partial charge in [0.1, 0.15) is 6.04 Å². The van der Waals surface area contributed by atoms with Gasteiger partial charge >= 0.3 is 0 Å². The number of halogens is 1. The van der Waals surface area contributed by atoms with Gasteiger partial charge in [0.05, 0.1) is 25.5 Å². The van der Waals surface area contributed by atoms with Crippen molar-refractivity contribution in [3.63, 3.8) is 0 Å². The number of nitrogens with one attached hydrogen (secondary N) is 1. The molecule has 0 heterocycles. The fourth-order valence-corrected chi connectivity index (χ4v) is 1.71. The second kappa shape index (κ2) is 7.73. The van der Waals surface area contributed by atoms with E-state index < -0.39 is 17.9 Å². The fraction of sp³-hybridized carbons (Fsp3) is 0.333. The molecular weight excluding hydrogens is 272 g/mol. The molecule has 0 aliphatic rings. The van der Waals surface area contributed by atoms with Gasteiger partial charge in [-0.05, 0) is 18.2 Å². The highest BCUT2D eigenvalue weighted by molar-refractivity contribution is 6.30. The number of nitrogens with two attached hydrogens (primary N) is 1. The van der Waals surface area contributed by atoms with Crippen molar-refractivity contribution in [3.05, 3.63) is 29.3 Å². The normalized spacial score (nSPS) is 11.9. The topological polar surface area (TPSA) is 106 Å². The highest BCUT2D eigenvalue weighted by Gasteiger charge is 2.17. The summed E-state index contributed by atoms with van der Waals surface area (Å²) in [6, 6.07) is 5.52. The van der Waals surface area contributed by atoms with Gasteiger partial charge in [-0.25, -0.2) is 0 Å². The third-order valence-electron chi connectivity index (χ3n) is 2.40. The average Bonchev–Trinajstić information content (AvgIpc) is 2.34. The number of rotatable bonds is 7. The van der Waals surface area contributed by atoms with E-state index in [0.29, 0.717) is 10.7 Å². The maximum atomic E-state index is 11.7. The van der Waals surface area contributed by atoms with Crippen molar-refractivity contribution < 1.29 is 25.1 Å². The molecule has 1 aromatic carbocycles. The molecule has 0 aromatic heterocycles. The first-order chi connectivity index (χ1) is 9.02. The number of anilines is 1. The minimum Gasteiger partial charge on any atom is -0.544 e. The van der Waals surface area contributed by atoms with E-state index in [1.54, 1.807) is 24.3 Å². The van der Waals surface area contributed by atoms with Crippen molar-refractivity contribution in [3.8, 4) is 0 Å². The van der Waals surface area contributed by atoms with E-state index in [1.165, 1.54) is 5.32 Å². The molecule has 1 aromatic rings. The van der Waals surface area contributed by atoms with Gasteiger partial charge in [0.25, 0.3) is 0 Å². The standard InChI is InChI=1S/C12H15ClN2O4/c13-8-2-1-3-9(6-8)15-11(17)7-10(12(18)19)14-4-5-16/h1-3,6,10,14,16H,4-5,7H2,(H,15,17)(H,18,19)/t10-/m1/s1. The summed E-state index contributed by atoms with van der Waals surface area (Å²) < 4.78 is 0. The molecule has 0 aliphatic carbocycles. The van der Waals surface area contributed by atoms with Crippen LogP contribution in [0.2, 0.25) is 5.02 Å². The van der Waals surface area contributed by atoms with E-state index >= 15 is 0 Å². The second-order valence-corrected chi connectivity index (χ2v) is 4.37. The van der Waals surface area contributed by atoms with Gasteiger partial charge in [-0.15, -0.1) is 0 Å². The van der Waals surface area contributed by atoms with Crippen molar-refractivity contribution in [2.24, 2.45) is 0 Å². The van der Waals surface area contributed by atoms with Crippen LogP contribution in [0.3, 0.4) is 0 Å². The van der Waals surface area contributed by atoms with Crippen LogP contribution in [0, 0.1) is 0 Å². The summed E-state index contributed by atoms with van der Waals surface area (Å²) in [6.07, 6.45) is -0.241. The Bertz CT molecular complexity index is 453. The number of carboxylic acid groups (broad SMARTS) is 1. The molecule has 0 bridgehead atoms. The smallest absolute Gasteiger partial charge is 0.230 e. The molecule has 1 rings (SSSR count). The SMILES string of the molecule is O=C(C[C@@H]([NH2+]CCO)C(=O)[O-])Nc1cccc(Cl)c1. The quantitative estimate of drug-likeness (QED) is 0.558. The van der Waals surface area contributed by atoms with Gasteiger partial charge in [0.15, 0.2) is 0 Å². The third-order valence-corrected chi connectivity index (χ3v) is 2.63. The number of carbonyl (C=O) groups is 2. The Morgan fingerprint density at radius 3 is 2.79 bits per heavy atom. The van der Waals surface area contributed by atoms with Crippen molar-refractivity contribution in [1.29, 1.82) is 0 Å². The monoisotopic (exact) mass is 286 g/mol. The van der Waals surface area contributed by atoms with Crippen LogP contribution in [0.15, 0.2) is 24.3 Å². The Balaban J connectivity index is 2.55. The maximum absolute atomic E-state index is 11.7. The third kappa shape index (κ3) is 5.69. The number of aliphatic hydroxyl groups is 1. The number of amides is 1. The lowest BCUT2D eigenvalue weighted by molar-refractivity contribution is -0.683. The summed E-state index contributed by atoms with van der Waals surface area (Å²) in [5, 5.41) is 23.8. The van der Waals surface area contributed by atoms with Crippen molar-refractivity contribution in [2.75, 3.05) is 18.5 Å². The molecule has 1 amide bonds. The Hall–Kier alpha value is -1.63. The summed E-state index contributed by atoms with van der Waals surface area (Å²) in [4.78, 5) is 22.5. The van der Waals surface area contributed by atoms with Gasteiger partial charge in [-0.1, -0.05) is 17.7 Å². The lowest BCUT2D eigenvalue weighted by atomic mass is 10.2. The second-order valence-electron chi connectivity index (χ2n) is 3.94. The summed E-state index contributed by atoms with van der Waals surface area (Å²) in [6.45, 7) is 0.0305. The van der Waals surface area contributed by atoms with Gasteiger partial charge in [-0.2, -0.15) is 0 Å². The molecular formula is C12H15ClN2O4. The van der Waals surface area contributed by atoms with Crippen LogP contribution < -0.4 is 15.7 Å². The van der Waals surface area contributed by atoms with Crippen LogP contribution in [-0.2, 0) is 9.59 Å². The molecule has 0 fully saturated rings. The molecule has 1 atom stereocenters. The van der Waals surface area contributed by atoms with E-state index in [2.05, 4.69) is 5.32 Å². The van der Waals surface area contributed by atoms with Crippen molar-refractivity contribution in [1.82, 2.24) is 0 Å². The largest absolute Gasteiger partial charge is 0.544 e. The summed E-state index contributed by atoms with van der Waals surface area (Å²) in [7, 11) is 0. The number of carboxylic acids is 1. The number of hydrogen-bond acceptors (Lipinski definition) is 4. The number of quaternary nitrogens is 1. The van der Waals surface area contributed by atoms with Crippen LogP contribution in [0.5, 0.6) is 0 Å². The first-order valence-electron chi connectivity index (χ1n) is 5.73. The number of benzene rings is 1. The van der Waals surface area contributed by atoms with Crippen LogP contribution in [-0.4, -0.2) is 36.2 Å². The average molecular weight is 287 g/mol. The molecule has 0 spiro atoms. The minimum atomic E-state index is -1.34. The van der Waals surface area contributed by atoms with Crippen LogP contribution >= 0.6 is 11.6 Å². The predicted octanol–water partition coefficient (Wildman–Crippen LogP) is -1.66. The van der Waals surface area contributed by atoms with Crippen LogP contribution in [0.4, 0.5) is 5.69 Å². The Morgan fingerprint density at radius 1 is 1.47 bits per heavy atom. The molecule has 0 saturated carbocycles.